The van der Waals surface area contributed by atoms with Crippen LogP contribution in [0, 0.1) is 0 Å². The molecule has 0 aromatic rings. The number of aliphatic hydroxyl groups is 1. The van der Waals surface area contributed by atoms with Crippen molar-refractivity contribution >= 4 is 17.7 Å². The van der Waals surface area contributed by atoms with Gasteiger partial charge in [0.2, 0.25) is 0 Å². The number of ether oxygens (including phenoxy) is 1. The zero-order valence-electron chi connectivity index (χ0n) is 16.5. The molecule has 1 aliphatic carbocycles. The smallest absolute Gasteiger partial charge is 0.342 e. The minimum atomic E-state index is -1.80. The Bertz CT molecular complexity index is 1080. The van der Waals surface area contributed by atoms with E-state index < -0.39 is 24.0 Å². The van der Waals surface area contributed by atoms with Crippen LogP contribution in [0.25, 0.3) is 0 Å². The fraction of sp³-hybridized carbons (Fsp3) is 0.409. The first-order chi connectivity index (χ1) is 14.4. The Balaban J connectivity index is 1.57. The molecule has 2 N–H and O–H groups in total. The highest BCUT2D eigenvalue weighted by molar-refractivity contribution is 6.03. The van der Waals surface area contributed by atoms with Crippen molar-refractivity contribution in [1.82, 2.24) is 10.2 Å². The highest BCUT2D eigenvalue weighted by Gasteiger charge is 2.51. The maximum Gasteiger partial charge on any atom is 0.342 e. The summed E-state index contributed by atoms with van der Waals surface area (Å²) < 4.78 is 18.1. The van der Waals surface area contributed by atoms with Crippen LogP contribution in [0.2, 0.25) is 0 Å². The molecule has 0 aromatic carbocycles. The molecule has 1 amide bonds. The highest BCUT2D eigenvalue weighted by Crippen LogP contribution is 2.45. The van der Waals surface area contributed by atoms with Crippen LogP contribution < -0.4 is 5.32 Å². The molecule has 4 aliphatic heterocycles. The third-order valence-corrected chi connectivity index (χ3v) is 6.55. The van der Waals surface area contributed by atoms with E-state index >= 15 is 0 Å². The topological polar surface area (TPSA) is 95.9 Å². The highest BCUT2D eigenvalue weighted by atomic mass is 19.1. The summed E-state index contributed by atoms with van der Waals surface area (Å²) in [7, 11) is 0. The number of halogens is 1. The lowest BCUT2D eigenvalue weighted by Crippen LogP contribution is -2.50. The average molecular weight is 412 g/mol. The maximum atomic E-state index is 13.2. The van der Waals surface area contributed by atoms with Crippen LogP contribution in [0.3, 0.4) is 0 Å². The minimum Gasteiger partial charge on any atom is -0.458 e. The van der Waals surface area contributed by atoms with Gasteiger partial charge >= 0.3 is 5.97 Å². The van der Waals surface area contributed by atoms with Crippen LogP contribution in [0.5, 0.6) is 0 Å². The normalized spacial score (nSPS) is 27.6. The summed E-state index contributed by atoms with van der Waals surface area (Å²) >= 11 is 0. The number of nitrogens with one attached hydrogen (secondary N) is 1. The van der Waals surface area contributed by atoms with Crippen molar-refractivity contribution in [1.29, 1.82) is 0 Å². The van der Waals surface area contributed by atoms with Gasteiger partial charge in [0.25, 0.3) is 5.91 Å². The van der Waals surface area contributed by atoms with Crippen LogP contribution in [0.15, 0.2) is 57.1 Å². The van der Waals surface area contributed by atoms with Gasteiger partial charge < -0.3 is 20.1 Å². The number of Topliss-reactive ketones (excluding diaryl/α,β-unsaturated/α-hetero) is 1. The standard InChI is InChI=1S/C22H21FN2O5/c1-2-22(29)15-7-17-19-11(9-25(17)20(27)14(15)10-30-21(22)28)6-13-12(18(26)8-23)4-3-5-16(13)24-19/h4,6,24,29H,2-3,5,7-10H2,1H3/t22-/m0/s1. The Morgan fingerprint density at radius 3 is 2.93 bits per heavy atom. The lowest BCUT2D eigenvalue weighted by Gasteiger charge is -2.39. The lowest BCUT2D eigenvalue weighted by molar-refractivity contribution is -0.164. The van der Waals surface area contributed by atoms with Crippen molar-refractivity contribution < 1.29 is 28.6 Å². The third kappa shape index (κ3) is 2.43. The predicted octanol–water partition coefficient (Wildman–Crippen LogP) is 1.48. The molecule has 0 spiro atoms. The number of dihydropyridines is 1. The van der Waals surface area contributed by atoms with Crippen LogP contribution in [-0.4, -0.2) is 53.1 Å². The number of cyclic esters (lactones) is 1. The minimum absolute atomic E-state index is 0.117. The number of hydrogen-bond donors (Lipinski definition) is 2. The fourth-order valence-corrected chi connectivity index (χ4v) is 4.89. The predicted molar refractivity (Wildman–Crippen MR) is 103 cm³/mol. The fourth-order valence-electron chi connectivity index (χ4n) is 4.89. The van der Waals surface area contributed by atoms with E-state index in [0.717, 1.165) is 17.0 Å². The second kappa shape index (κ2) is 6.50. The molecule has 0 fully saturated rings. The van der Waals surface area contributed by atoms with E-state index in [4.69, 9.17) is 4.74 Å². The molecular formula is C22H21FN2O5. The van der Waals surface area contributed by atoms with Crippen LogP contribution in [0.1, 0.15) is 32.6 Å². The number of rotatable bonds is 3. The first-order valence-electron chi connectivity index (χ1n) is 10.1. The van der Waals surface area contributed by atoms with Gasteiger partial charge in [-0.2, -0.15) is 0 Å². The molecule has 7 nitrogen and oxygen atoms in total. The summed E-state index contributed by atoms with van der Waals surface area (Å²) in [5.74, 6) is -1.56. The number of carbonyl (C=O) groups excluding carboxylic acids is 3. The number of allylic oxidation sites excluding steroid dienone is 6. The molecular weight excluding hydrogens is 391 g/mol. The number of hydrogen-bond acceptors (Lipinski definition) is 6. The zero-order chi connectivity index (χ0) is 21.2. The monoisotopic (exact) mass is 412 g/mol. The molecule has 30 heavy (non-hydrogen) atoms. The Labute approximate surface area is 172 Å². The molecule has 5 aliphatic rings. The summed E-state index contributed by atoms with van der Waals surface area (Å²) in [6, 6.07) is 0. The van der Waals surface area contributed by atoms with Crippen LogP contribution in [-0.2, 0) is 19.1 Å². The Hall–Kier alpha value is -3.00. The van der Waals surface area contributed by atoms with Crippen molar-refractivity contribution in [3.8, 4) is 0 Å². The van der Waals surface area contributed by atoms with Crippen molar-refractivity contribution in [3.05, 3.63) is 57.1 Å². The molecule has 5 rings (SSSR count). The number of fused-ring (bicyclic) bond motifs is 2. The van der Waals surface area contributed by atoms with E-state index in [-0.39, 0.29) is 25.4 Å². The second-order valence-corrected chi connectivity index (χ2v) is 8.04. The van der Waals surface area contributed by atoms with E-state index in [1.165, 1.54) is 0 Å². The molecule has 0 radical (unpaired) electrons. The summed E-state index contributed by atoms with van der Waals surface area (Å²) in [4.78, 5) is 39.1. The summed E-state index contributed by atoms with van der Waals surface area (Å²) in [6.07, 6.45) is 5.28. The maximum absolute atomic E-state index is 13.2. The van der Waals surface area contributed by atoms with Gasteiger partial charge in [0.1, 0.15) is 6.61 Å². The molecule has 156 valence electrons. The van der Waals surface area contributed by atoms with Crippen molar-refractivity contribution in [3.63, 3.8) is 0 Å². The van der Waals surface area contributed by atoms with E-state index in [0.29, 0.717) is 47.4 Å². The van der Waals surface area contributed by atoms with E-state index in [1.54, 1.807) is 17.9 Å². The SMILES string of the molecule is CC[C@@]1(O)C(=O)OCC2=C1CC1=C3NC4=C(C=C3CN1C2=O)C(C(=O)CF)=CCC4. The van der Waals surface area contributed by atoms with Gasteiger partial charge in [-0.05, 0) is 36.5 Å². The molecule has 0 saturated carbocycles. The molecule has 1 atom stereocenters. The number of alkyl halides is 1. The van der Waals surface area contributed by atoms with E-state index in [1.807, 2.05) is 6.08 Å². The quantitative estimate of drug-likeness (QED) is 0.682. The van der Waals surface area contributed by atoms with Crippen molar-refractivity contribution in [2.24, 2.45) is 0 Å². The first-order valence-corrected chi connectivity index (χ1v) is 10.1. The Kier molecular flexibility index (Phi) is 4.12. The van der Waals surface area contributed by atoms with Gasteiger partial charge in [0.05, 0.1) is 17.8 Å². The largest absolute Gasteiger partial charge is 0.458 e. The molecule has 4 heterocycles. The van der Waals surface area contributed by atoms with Gasteiger partial charge in [-0.25, -0.2) is 9.18 Å². The molecule has 0 aromatic heterocycles. The van der Waals surface area contributed by atoms with E-state index in [9.17, 15) is 23.9 Å². The molecule has 0 bridgehead atoms. The molecule has 8 heteroatoms. The zero-order valence-corrected chi connectivity index (χ0v) is 16.5. The van der Waals surface area contributed by atoms with Gasteiger partial charge in [-0.1, -0.05) is 13.0 Å². The van der Waals surface area contributed by atoms with Crippen molar-refractivity contribution in [2.75, 3.05) is 19.8 Å². The Morgan fingerprint density at radius 1 is 1.40 bits per heavy atom. The second-order valence-electron chi connectivity index (χ2n) is 8.04. The first kappa shape index (κ1) is 19.0. The van der Waals surface area contributed by atoms with Gasteiger partial charge in [0.15, 0.2) is 18.1 Å². The average Bonchev–Trinajstić information content (AvgIpc) is 3.12. The number of nitrogens with zero attached hydrogens (tertiary/aromatic N) is 1. The summed E-state index contributed by atoms with van der Waals surface area (Å²) in [5, 5.41) is 14.3. The van der Waals surface area contributed by atoms with Crippen LogP contribution >= 0.6 is 0 Å². The van der Waals surface area contributed by atoms with Crippen LogP contribution in [0.4, 0.5) is 4.39 Å². The lowest BCUT2D eigenvalue weighted by atomic mass is 9.80. The number of carbonyl (C=O) groups is 3. The molecule has 0 saturated heterocycles. The number of amides is 1. The molecule has 0 unspecified atom stereocenters. The summed E-state index contributed by atoms with van der Waals surface area (Å²) in [6.45, 7) is 0.789. The van der Waals surface area contributed by atoms with E-state index in [2.05, 4.69) is 5.32 Å². The van der Waals surface area contributed by atoms with Crippen molar-refractivity contribution in [2.45, 2.75) is 38.2 Å². The van der Waals surface area contributed by atoms with Gasteiger partial charge in [-0.3, -0.25) is 9.59 Å². The Morgan fingerprint density at radius 2 is 2.20 bits per heavy atom. The number of ketones is 1. The van der Waals surface area contributed by atoms with Gasteiger partial charge in [0, 0.05) is 29.0 Å². The number of esters is 1. The third-order valence-electron chi connectivity index (χ3n) is 6.55. The summed E-state index contributed by atoms with van der Waals surface area (Å²) in [5.41, 5.74) is 3.09. The van der Waals surface area contributed by atoms with Gasteiger partial charge in [-0.15, -0.1) is 0 Å².